The summed E-state index contributed by atoms with van der Waals surface area (Å²) < 4.78 is 0. The Morgan fingerprint density at radius 2 is 2.00 bits per heavy atom. The van der Waals surface area contributed by atoms with Crippen molar-refractivity contribution in [1.82, 2.24) is 10.2 Å². The van der Waals surface area contributed by atoms with Gasteiger partial charge in [0.25, 0.3) is 0 Å². The molecule has 0 atom stereocenters. The van der Waals surface area contributed by atoms with E-state index < -0.39 is 0 Å². The van der Waals surface area contributed by atoms with Crippen molar-refractivity contribution in [2.75, 3.05) is 27.2 Å². The van der Waals surface area contributed by atoms with Crippen molar-refractivity contribution in [3.05, 3.63) is 35.9 Å². The zero-order valence-corrected chi connectivity index (χ0v) is 10.8. The molecule has 0 radical (unpaired) electrons. The summed E-state index contributed by atoms with van der Waals surface area (Å²) in [6.07, 6.45) is 2.54. The molecule has 17 heavy (non-hydrogen) atoms. The van der Waals surface area contributed by atoms with Crippen LogP contribution in [0.3, 0.4) is 0 Å². The Bertz CT molecular complexity index is 324. The van der Waals surface area contributed by atoms with Crippen LogP contribution in [-0.4, -0.2) is 38.0 Å². The molecule has 94 valence electrons. The highest BCUT2D eigenvalue weighted by molar-refractivity contribution is 5.75. The second-order valence-corrected chi connectivity index (χ2v) is 4.26. The van der Waals surface area contributed by atoms with Gasteiger partial charge in [-0.1, -0.05) is 30.3 Å². The van der Waals surface area contributed by atoms with Crippen LogP contribution in [0.1, 0.15) is 18.4 Å². The molecular formula is C14H22N2O. The van der Waals surface area contributed by atoms with Gasteiger partial charge in [-0.25, -0.2) is 0 Å². The maximum Gasteiger partial charge on any atom is 0.222 e. The van der Waals surface area contributed by atoms with Crippen molar-refractivity contribution < 1.29 is 4.79 Å². The van der Waals surface area contributed by atoms with Crippen LogP contribution in [0.2, 0.25) is 0 Å². The molecule has 1 N–H and O–H groups in total. The highest BCUT2D eigenvalue weighted by atomic mass is 16.2. The predicted octanol–water partition coefficient (Wildman–Crippen LogP) is 1.69. The van der Waals surface area contributed by atoms with Crippen molar-refractivity contribution in [3.8, 4) is 0 Å². The van der Waals surface area contributed by atoms with E-state index in [0.29, 0.717) is 6.42 Å². The van der Waals surface area contributed by atoms with Crippen LogP contribution >= 0.6 is 0 Å². The quantitative estimate of drug-likeness (QED) is 0.778. The van der Waals surface area contributed by atoms with Crippen molar-refractivity contribution in [2.24, 2.45) is 0 Å². The van der Waals surface area contributed by atoms with Gasteiger partial charge in [-0.15, -0.1) is 0 Å². The summed E-state index contributed by atoms with van der Waals surface area (Å²) in [5.74, 6) is 0.233. The zero-order chi connectivity index (χ0) is 12.5. The van der Waals surface area contributed by atoms with Crippen molar-refractivity contribution in [2.45, 2.75) is 19.3 Å². The number of aryl methyl sites for hydroxylation is 1. The first kappa shape index (κ1) is 13.7. The Kier molecular flexibility index (Phi) is 6.33. The summed E-state index contributed by atoms with van der Waals surface area (Å²) in [5, 5.41) is 3.04. The van der Waals surface area contributed by atoms with Crippen LogP contribution in [0.15, 0.2) is 30.3 Å². The molecule has 1 amide bonds. The van der Waals surface area contributed by atoms with Gasteiger partial charge < -0.3 is 10.2 Å². The summed E-state index contributed by atoms with van der Waals surface area (Å²) >= 11 is 0. The monoisotopic (exact) mass is 234 g/mol. The first-order valence-corrected chi connectivity index (χ1v) is 6.16. The van der Waals surface area contributed by atoms with Gasteiger partial charge in [0.15, 0.2) is 0 Å². The Morgan fingerprint density at radius 3 is 2.65 bits per heavy atom. The lowest BCUT2D eigenvalue weighted by Gasteiger charge is -2.16. The third kappa shape index (κ3) is 5.50. The summed E-state index contributed by atoms with van der Waals surface area (Å²) in [6, 6.07) is 10.3. The molecule has 0 aliphatic heterocycles. The first-order valence-electron chi connectivity index (χ1n) is 6.16. The average Bonchev–Trinajstić information content (AvgIpc) is 2.37. The van der Waals surface area contributed by atoms with Gasteiger partial charge in [0, 0.05) is 26.6 Å². The van der Waals surface area contributed by atoms with Gasteiger partial charge in [-0.05, 0) is 25.5 Å². The molecule has 0 saturated heterocycles. The summed E-state index contributed by atoms with van der Waals surface area (Å²) in [7, 11) is 3.76. The first-order chi connectivity index (χ1) is 8.24. The van der Waals surface area contributed by atoms with Crippen molar-refractivity contribution >= 4 is 5.91 Å². The fourth-order valence-electron chi connectivity index (χ4n) is 1.68. The van der Waals surface area contributed by atoms with E-state index in [2.05, 4.69) is 17.4 Å². The summed E-state index contributed by atoms with van der Waals surface area (Å²) in [6.45, 7) is 1.63. The maximum atomic E-state index is 11.7. The highest BCUT2D eigenvalue weighted by Crippen LogP contribution is 2.05. The van der Waals surface area contributed by atoms with Crippen LogP contribution in [0, 0.1) is 0 Å². The third-order valence-electron chi connectivity index (χ3n) is 2.82. The zero-order valence-electron chi connectivity index (χ0n) is 10.8. The SMILES string of the molecule is CNCCN(C)C(=O)CCCc1ccccc1. The van der Waals surface area contributed by atoms with Gasteiger partial charge >= 0.3 is 0 Å². The molecule has 0 saturated carbocycles. The minimum atomic E-state index is 0.233. The van der Waals surface area contributed by atoms with Crippen LogP contribution < -0.4 is 5.32 Å². The molecule has 1 aromatic rings. The van der Waals surface area contributed by atoms with E-state index in [1.165, 1.54) is 5.56 Å². The van der Waals surface area contributed by atoms with Crippen LogP contribution in [-0.2, 0) is 11.2 Å². The fraction of sp³-hybridized carbons (Fsp3) is 0.500. The molecule has 0 heterocycles. The highest BCUT2D eigenvalue weighted by Gasteiger charge is 2.07. The van der Waals surface area contributed by atoms with E-state index in [4.69, 9.17) is 0 Å². The number of nitrogens with one attached hydrogen (secondary N) is 1. The molecule has 3 nitrogen and oxygen atoms in total. The van der Waals surface area contributed by atoms with Gasteiger partial charge in [0.2, 0.25) is 5.91 Å². The second kappa shape index (κ2) is 7.85. The smallest absolute Gasteiger partial charge is 0.222 e. The van der Waals surface area contributed by atoms with Crippen LogP contribution in [0.5, 0.6) is 0 Å². The standard InChI is InChI=1S/C14H22N2O/c1-15-11-12-16(2)14(17)10-6-9-13-7-4-3-5-8-13/h3-5,7-8,15H,6,9-12H2,1-2H3. The molecule has 0 unspecified atom stereocenters. The lowest BCUT2D eigenvalue weighted by atomic mass is 10.1. The largest absolute Gasteiger partial charge is 0.344 e. The molecular weight excluding hydrogens is 212 g/mol. The number of hydrogen-bond donors (Lipinski definition) is 1. The number of carbonyl (C=O) groups is 1. The number of benzene rings is 1. The second-order valence-electron chi connectivity index (χ2n) is 4.26. The maximum absolute atomic E-state index is 11.7. The number of rotatable bonds is 7. The summed E-state index contributed by atoms with van der Waals surface area (Å²) in [4.78, 5) is 13.5. The Morgan fingerprint density at radius 1 is 1.29 bits per heavy atom. The number of nitrogens with zero attached hydrogens (tertiary/aromatic N) is 1. The molecule has 0 bridgehead atoms. The van der Waals surface area contributed by atoms with Crippen LogP contribution in [0.4, 0.5) is 0 Å². The molecule has 0 fully saturated rings. The molecule has 1 rings (SSSR count). The Balaban J connectivity index is 2.20. The van der Waals surface area contributed by atoms with E-state index in [0.717, 1.165) is 25.9 Å². The molecule has 0 aromatic heterocycles. The molecule has 1 aromatic carbocycles. The van der Waals surface area contributed by atoms with Crippen molar-refractivity contribution in [1.29, 1.82) is 0 Å². The summed E-state index contributed by atoms with van der Waals surface area (Å²) in [5.41, 5.74) is 1.30. The van der Waals surface area contributed by atoms with E-state index in [9.17, 15) is 4.79 Å². The van der Waals surface area contributed by atoms with Gasteiger partial charge in [0.05, 0.1) is 0 Å². The average molecular weight is 234 g/mol. The lowest BCUT2D eigenvalue weighted by Crippen LogP contribution is -2.32. The minimum absolute atomic E-state index is 0.233. The fourth-order valence-corrected chi connectivity index (χ4v) is 1.68. The number of carbonyl (C=O) groups excluding carboxylic acids is 1. The van der Waals surface area contributed by atoms with E-state index in [1.54, 1.807) is 4.90 Å². The number of likely N-dealkylation sites (N-methyl/N-ethyl adjacent to an activating group) is 2. The number of hydrogen-bond acceptors (Lipinski definition) is 2. The van der Waals surface area contributed by atoms with E-state index in [1.807, 2.05) is 32.3 Å². The molecule has 0 aliphatic rings. The molecule has 3 heteroatoms. The van der Waals surface area contributed by atoms with Crippen molar-refractivity contribution in [3.63, 3.8) is 0 Å². The normalized spacial score (nSPS) is 10.2. The van der Waals surface area contributed by atoms with Crippen LogP contribution in [0.25, 0.3) is 0 Å². The molecule has 0 aliphatic carbocycles. The van der Waals surface area contributed by atoms with E-state index >= 15 is 0 Å². The Labute approximate surface area is 104 Å². The van der Waals surface area contributed by atoms with E-state index in [-0.39, 0.29) is 5.91 Å². The molecule has 0 spiro atoms. The third-order valence-corrected chi connectivity index (χ3v) is 2.82. The van der Waals surface area contributed by atoms with Gasteiger partial charge in [-0.2, -0.15) is 0 Å². The van der Waals surface area contributed by atoms with Gasteiger partial charge in [0.1, 0.15) is 0 Å². The Hall–Kier alpha value is -1.35. The van der Waals surface area contributed by atoms with Gasteiger partial charge in [-0.3, -0.25) is 4.79 Å². The topological polar surface area (TPSA) is 32.3 Å². The lowest BCUT2D eigenvalue weighted by molar-refractivity contribution is -0.129. The predicted molar refractivity (Wildman–Crippen MR) is 70.9 cm³/mol. The minimum Gasteiger partial charge on any atom is -0.344 e. The number of amides is 1.